The Morgan fingerprint density at radius 3 is 2.65 bits per heavy atom. The molecule has 1 heterocycles. The molecule has 0 unspecified atom stereocenters. The Bertz CT molecular complexity index is 366. The lowest BCUT2D eigenvalue weighted by atomic mass is 10.1. The molecule has 0 saturated heterocycles. The van der Waals surface area contributed by atoms with Crippen LogP contribution in [0.5, 0.6) is 0 Å². The van der Waals surface area contributed by atoms with Crippen LogP contribution in [0, 0.1) is 12.8 Å². The van der Waals surface area contributed by atoms with Crippen LogP contribution in [0.1, 0.15) is 42.0 Å². The zero-order valence-electron chi connectivity index (χ0n) is 11.2. The number of rotatable bonds is 6. The molecule has 0 atom stereocenters. The van der Waals surface area contributed by atoms with Gasteiger partial charge in [0.05, 0.1) is 0 Å². The average Bonchev–Trinajstić information content (AvgIpc) is 3.04. The fraction of sp³-hybridized carbons (Fsp3) is 0.714. The standard InChI is InChI=1S/C14H24N2S/c1-10(2)8-16(13-4-5-13)9-12-6-14(7-15)17-11(12)3/h6,10,13H,4-5,7-9,15H2,1-3H3. The van der Waals surface area contributed by atoms with Crippen LogP contribution in [0.25, 0.3) is 0 Å². The SMILES string of the molecule is Cc1sc(CN)cc1CN(CC(C)C)C1CC1. The summed E-state index contributed by atoms with van der Waals surface area (Å²) in [4.78, 5) is 5.41. The van der Waals surface area contributed by atoms with E-state index < -0.39 is 0 Å². The van der Waals surface area contributed by atoms with Crippen molar-refractivity contribution in [2.45, 2.75) is 52.7 Å². The Balaban J connectivity index is 2.03. The molecule has 2 nitrogen and oxygen atoms in total. The maximum atomic E-state index is 5.71. The van der Waals surface area contributed by atoms with Crippen molar-refractivity contribution in [2.24, 2.45) is 11.7 Å². The molecule has 0 aromatic carbocycles. The second-order valence-electron chi connectivity index (χ2n) is 5.55. The van der Waals surface area contributed by atoms with E-state index in [-0.39, 0.29) is 0 Å². The summed E-state index contributed by atoms with van der Waals surface area (Å²) in [5, 5.41) is 0. The lowest BCUT2D eigenvalue weighted by Crippen LogP contribution is -2.29. The first-order chi connectivity index (χ1) is 8.10. The molecule has 0 spiro atoms. The number of nitrogens with zero attached hydrogens (tertiary/aromatic N) is 1. The fourth-order valence-corrected chi connectivity index (χ4v) is 3.25. The molecule has 1 aromatic rings. The third kappa shape index (κ3) is 3.54. The van der Waals surface area contributed by atoms with Crippen molar-refractivity contribution in [3.63, 3.8) is 0 Å². The zero-order valence-corrected chi connectivity index (χ0v) is 12.0. The average molecular weight is 252 g/mol. The van der Waals surface area contributed by atoms with Gasteiger partial charge in [-0.2, -0.15) is 0 Å². The second kappa shape index (κ2) is 5.51. The van der Waals surface area contributed by atoms with Crippen LogP contribution in [0.3, 0.4) is 0 Å². The largest absolute Gasteiger partial charge is 0.326 e. The summed E-state index contributed by atoms with van der Waals surface area (Å²) in [6, 6.07) is 3.15. The first kappa shape index (κ1) is 13.1. The van der Waals surface area contributed by atoms with E-state index in [1.807, 2.05) is 11.3 Å². The highest BCUT2D eigenvalue weighted by Crippen LogP contribution is 2.31. The summed E-state index contributed by atoms with van der Waals surface area (Å²) >= 11 is 1.86. The number of aryl methyl sites for hydroxylation is 1. The minimum atomic E-state index is 0.680. The van der Waals surface area contributed by atoms with Crippen LogP contribution in [-0.2, 0) is 13.1 Å². The van der Waals surface area contributed by atoms with E-state index >= 15 is 0 Å². The van der Waals surface area contributed by atoms with Gasteiger partial charge < -0.3 is 5.73 Å². The van der Waals surface area contributed by atoms with Gasteiger partial charge in [0, 0.05) is 35.4 Å². The van der Waals surface area contributed by atoms with Crippen molar-refractivity contribution in [1.82, 2.24) is 4.90 Å². The minimum absolute atomic E-state index is 0.680. The van der Waals surface area contributed by atoms with Crippen LogP contribution in [0.15, 0.2) is 6.07 Å². The van der Waals surface area contributed by atoms with Gasteiger partial charge in [0.15, 0.2) is 0 Å². The Morgan fingerprint density at radius 1 is 1.47 bits per heavy atom. The molecule has 2 rings (SSSR count). The van der Waals surface area contributed by atoms with Crippen molar-refractivity contribution in [3.8, 4) is 0 Å². The molecule has 17 heavy (non-hydrogen) atoms. The van der Waals surface area contributed by atoms with Gasteiger partial charge in [-0.3, -0.25) is 4.90 Å². The van der Waals surface area contributed by atoms with E-state index in [2.05, 4.69) is 31.7 Å². The van der Waals surface area contributed by atoms with Crippen molar-refractivity contribution in [2.75, 3.05) is 6.54 Å². The zero-order chi connectivity index (χ0) is 12.4. The van der Waals surface area contributed by atoms with Crippen molar-refractivity contribution < 1.29 is 0 Å². The maximum absolute atomic E-state index is 5.71. The molecule has 0 aliphatic heterocycles. The summed E-state index contributed by atoms with van der Waals surface area (Å²) in [7, 11) is 0. The van der Waals surface area contributed by atoms with Crippen molar-refractivity contribution in [3.05, 3.63) is 21.4 Å². The van der Waals surface area contributed by atoms with Crippen LogP contribution in [-0.4, -0.2) is 17.5 Å². The highest BCUT2D eigenvalue weighted by atomic mass is 32.1. The summed E-state index contributed by atoms with van der Waals surface area (Å²) in [6.45, 7) is 9.85. The van der Waals surface area contributed by atoms with Gasteiger partial charge in [-0.25, -0.2) is 0 Å². The molecule has 1 aromatic heterocycles. The highest BCUT2D eigenvalue weighted by Gasteiger charge is 2.29. The Kier molecular flexibility index (Phi) is 4.23. The molecule has 1 aliphatic rings. The van der Waals surface area contributed by atoms with Crippen LogP contribution in [0.4, 0.5) is 0 Å². The topological polar surface area (TPSA) is 29.3 Å². The molecule has 0 radical (unpaired) electrons. The van der Waals surface area contributed by atoms with Gasteiger partial charge in [-0.1, -0.05) is 13.8 Å². The van der Waals surface area contributed by atoms with E-state index in [4.69, 9.17) is 5.73 Å². The lowest BCUT2D eigenvalue weighted by Gasteiger charge is -2.24. The Hall–Kier alpha value is -0.380. The van der Waals surface area contributed by atoms with Crippen molar-refractivity contribution in [1.29, 1.82) is 0 Å². The quantitative estimate of drug-likeness (QED) is 0.843. The van der Waals surface area contributed by atoms with Crippen molar-refractivity contribution >= 4 is 11.3 Å². The van der Waals surface area contributed by atoms with Crippen LogP contribution < -0.4 is 5.73 Å². The summed E-state index contributed by atoms with van der Waals surface area (Å²) in [5.74, 6) is 0.753. The third-order valence-corrected chi connectivity index (χ3v) is 4.42. The second-order valence-corrected chi connectivity index (χ2v) is 6.89. The molecule has 1 saturated carbocycles. The first-order valence-corrected chi connectivity index (χ1v) is 7.44. The number of hydrogen-bond acceptors (Lipinski definition) is 3. The van der Waals surface area contributed by atoms with E-state index in [0.29, 0.717) is 6.54 Å². The van der Waals surface area contributed by atoms with Gasteiger partial charge >= 0.3 is 0 Å². The number of nitrogens with two attached hydrogens (primary N) is 1. The summed E-state index contributed by atoms with van der Waals surface area (Å²) < 4.78 is 0. The Morgan fingerprint density at radius 2 is 2.18 bits per heavy atom. The molecular formula is C14H24N2S. The van der Waals surface area contributed by atoms with E-state index in [9.17, 15) is 0 Å². The minimum Gasteiger partial charge on any atom is -0.326 e. The van der Waals surface area contributed by atoms with Crippen LogP contribution >= 0.6 is 11.3 Å². The lowest BCUT2D eigenvalue weighted by molar-refractivity contribution is 0.226. The molecule has 1 aliphatic carbocycles. The predicted molar refractivity (Wildman–Crippen MR) is 75.2 cm³/mol. The summed E-state index contributed by atoms with van der Waals surface area (Å²) in [5.41, 5.74) is 7.20. The molecule has 2 N–H and O–H groups in total. The van der Waals surface area contributed by atoms with Gasteiger partial charge in [0.25, 0.3) is 0 Å². The first-order valence-electron chi connectivity index (χ1n) is 6.62. The monoisotopic (exact) mass is 252 g/mol. The molecule has 3 heteroatoms. The van der Waals surface area contributed by atoms with Gasteiger partial charge in [-0.05, 0) is 37.3 Å². The smallest absolute Gasteiger partial charge is 0.0274 e. The normalized spacial score (nSPS) is 16.1. The summed E-state index contributed by atoms with van der Waals surface area (Å²) in [6.07, 6.45) is 2.78. The predicted octanol–water partition coefficient (Wildman–Crippen LogP) is 3.14. The molecule has 0 bridgehead atoms. The van der Waals surface area contributed by atoms with Gasteiger partial charge in [0.2, 0.25) is 0 Å². The fourth-order valence-electron chi connectivity index (χ4n) is 2.32. The van der Waals surface area contributed by atoms with E-state index in [0.717, 1.165) is 18.5 Å². The Labute approximate surface area is 109 Å². The molecule has 1 fully saturated rings. The van der Waals surface area contributed by atoms with Gasteiger partial charge in [0.1, 0.15) is 0 Å². The number of hydrogen-bond donors (Lipinski definition) is 1. The van der Waals surface area contributed by atoms with E-state index in [1.54, 1.807) is 0 Å². The van der Waals surface area contributed by atoms with Gasteiger partial charge in [-0.15, -0.1) is 11.3 Å². The maximum Gasteiger partial charge on any atom is 0.0274 e. The molecule has 0 amide bonds. The van der Waals surface area contributed by atoms with E-state index in [1.165, 1.54) is 34.7 Å². The highest BCUT2D eigenvalue weighted by molar-refractivity contribution is 7.12. The van der Waals surface area contributed by atoms with Crippen LogP contribution in [0.2, 0.25) is 0 Å². The molecular weight excluding hydrogens is 228 g/mol. The third-order valence-electron chi connectivity index (χ3n) is 3.31. The number of thiophene rings is 1. The molecule has 96 valence electrons.